The summed E-state index contributed by atoms with van der Waals surface area (Å²) in [6.07, 6.45) is -0.509. The summed E-state index contributed by atoms with van der Waals surface area (Å²) < 4.78 is 9.75. The summed E-state index contributed by atoms with van der Waals surface area (Å²) >= 11 is 0. The minimum Gasteiger partial charge on any atom is -0.453 e. The molecule has 0 saturated carbocycles. The van der Waals surface area contributed by atoms with Gasteiger partial charge in [0.15, 0.2) is 0 Å². The molecule has 0 aliphatic carbocycles. The number of hydrogen-bond acceptors (Lipinski definition) is 5. The number of nitriles is 1. The van der Waals surface area contributed by atoms with Gasteiger partial charge in [0.2, 0.25) is 5.76 Å². The molecular formula is C14H13N3O3. The zero-order valence-corrected chi connectivity index (χ0v) is 10.8. The molecule has 0 unspecified atom stereocenters. The van der Waals surface area contributed by atoms with Gasteiger partial charge in [-0.25, -0.2) is 4.79 Å². The van der Waals surface area contributed by atoms with Crippen LogP contribution in [0.5, 0.6) is 0 Å². The number of rotatable bonds is 4. The number of hydrogen-bond donors (Lipinski definition) is 2. The van der Waals surface area contributed by atoms with E-state index in [1.165, 1.54) is 7.11 Å². The number of benzene rings is 1. The highest BCUT2D eigenvalue weighted by molar-refractivity contribution is 5.84. The minimum atomic E-state index is -0.509. The third-order valence-electron chi connectivity index (χ3n) is 2.56. The van der Waals surface area contributed by atoms with Crippen LogP contribution in [-0.4, -0.2) is 13.2 Å². The first-order valence-corrected chi connectivity index (χ1v) is 5.89. The van der Waals surface area contributed by atoms with E-state index in [2.05, 4.69) is 15.4 Å². The summed E-state index contributed by atoms with van der Waals surface area (Å²) in [5.41, 5.74) is 1.52. The van der Waals surface area contributed by atoms with Gasteiger partial charge in [-0.3, -0.25) is 5.32 Å². The summed E-state index contributed by atoms with van der Waals surface area (Å²) in [4.78, 5) is 11.0. The predicted octanol–water partition coefficient (Wildman–Crippen LogP) is 2.94. The van der Waals surface area contributed by atoms with Gasteiger partial charge in [0.05, 0.1) is 13.7 Å². The molecule has 6 nitrogen and oxygen atoms in total. The summed E-state index contributed by atoms with van der Waals surface area (Å²) in [6.45, 7) is 0.478. The van der Waals surface area contributed by atoms with Gasteiger partial charge >= 0.3 is 6.09 Å². The largest absolute Gasteiger partial charge is 0.453 e. The molecule has 20 heavy (non-hydrogen) atoms. The number of anilines is 2. The fraction of sp³-hybridized carbons (Fsp3) is 0.143. The SMILES string of the molecule is COC(=O)Nc1ccc(NCc2ccc(C#N)o2)cc1. The smallest absolute Gasteiger partial charge is 0.411 e. The van der Waals surface area contributed by atoms with Crippen molar-refractivity contribution in [2.24, 2.45) is 0 Å². The topological polar surface area (TPSA) is 87.3 Å². The summed E-state index contributed by atoms with van der Waals surface area (Å²) in [7, 11) is 1.31. The third kappa shape index (κ3) is 3.53. The second-order valence-electron chi connectivity index (χ2n) is 3.93. The lowest BCUT2D eigenvalue weighted by Gasteiger charge is -2.07. The van der Waals surface area contributed by atoms with E-state index in [1.54, 1.807) is 24.3 Å². The van der Waals surface area contributed by atoms with E-state index in [-0.39, 0.29) is 0 Å². The van der Waals surface area contributed by atoms with E-state index in [0.29, 0.717) is 23.8 Å². The van der Waals surface area contributed by atoms with Gasteiger partial charge in [-0.15, -0.1) is 0 Å². The molecule has 2 N–H and O–H groups in total. The average Bonchev–Trinajstić information content (AvgIpc) is 2.94. The Labute approximate surface area is 116 Å². The maximum absolute atomic E-state index is 11.0. The highest BCUT2D eigenvalue weighted by Crippen LogP contribution is 2.15. The first-order chi connectivity index (χ1) is 9.71. The zero-order chi connectivity index (χ0) is 14.4. The first kappa shape index (κ1) is 13.5. The molecule has 6 heteroatoms. The molecule has 0 aliphatic rings. The molecule has 1 amide bonds. The van der Waals surface area contributed by atoms with E-state index in [0.717, 1.165) is 5.69 Å². The monoisotopic (exact) mass is 271 g/mol. The highest BCUT2D eigenvalue weighted by atomic mass is 16.5. The Kier molecular flexibility index (Phi) is 4.24. The van der Waals surface area contributed by atoms with Crippen molar-refractivity contribution in [1.29, 1.82) is 5.26 Å². The average molecular weight is 271 g/mol. The van der Waals surface area contributed by atoms with Crippen molar-refractivity contribution in [1.82, 2.24) is 0 Å². The second-order valence-corrected chi connectivity index (χ2v) is 3.93. The number of furan rings is 1. The van der Waals surface area contributed by atoms with Gasteiger partial charge in [-0.1, -0.05) is 0 Å². The highest BCUT2D eigenvalue weighted by Gasteiger charge is 2.02. The van der Waals surface area contributed by atoms with Crippen LogP contribution in [0.3, 0.4) is 0 Å². The molecule has 0 radical (unpaired) electrons. The lowest BCUT2D eigenvalue weighted by molar-refractivity contribution is 0.187. The number of carbonyl (C=O) groups excluding carboxylic acids is 1. The number of carbonyl (C=O) groups is 1. The van der Waals surface area contributed by atoms with Gasteiger partial charge in [0, 0.05) is 11.4 Å². The molecule has 0 bridgehead atoms. The molecule has 0 spiro atoms. The van der Waals surface area contributed by atoms with Crippen LogP contribution in [0.4, 0.5) is 16.2 Å². The summed E-state index contributed by atoms with van der Waals surface area (Å²) in [5, 5.41) is 14.4. The first-order valence-electron chi connectivity index (χ1n) is 5.89. The molecular weight excluding hydrogens is 258 g/mol. The van der Waals surface area contributed by atoms with Gasteiger partial charge < -0.3 is 14.5 Å². The summed E-state index contributed by atoms with van der Waals surface area (Å²) in [6, 6.07) is 12.4. The number of amides is 1. The molecule has 0 fully saturated rings. The van der Waals surface area contributed by atoms with Crippen molar-refractivity contribution in [3.05, 3.63) is 47.9 Å². The van der Waals surface area contributed by atoms with Crippen LogP contribution in [0.15, 0.2) is 40.8 Å². The Balaban J connectivity index is 1.90. The van der Waals surface area contributed by atoms with Crippen molar-refractivity contribution in [2.45, 2.75) is 6.54 Å². The van der Waals surface area contributed by atoms with Gasteiger partial charge in [0.1, 0.15) is 11.8 Å². The maximum atomic E-state index is 11.0. The Morgan fingerprint density at radius 3 is 2.55 bits per heavy atom. The number of nitrogens with zero attached hydrogens (tertiary/aromatic N) is 1. The van der Waals surface area contributed by atoms with Crippen LogP contribution < -0.4 is 10.6 Å². The molecule has 102 valence electrons. The molecule has 2 rings (SSSR count). The number of nitrogens with one attached hydrogen (secondary N) is 2. The summed E-state index contributed by atoms with van der Waals surface area (Å²) in [5.74, 6) is 0.970. The van der Waals surface area contributed by atoms with Gasteiger partial charge in [-0.05, 0) is 36.4 Å². The quantitative estimate of drug-likeness (QED) is 0.892. The van der Waals surface area contributed by atoms with E-state index in [4.69, 9.17) is 9.68 Å². The predicted molar refractivity (Wildman–Crippen MR) is 73.2 cm³/mol. The van der Waals surface area contributed by atoms with Crippen molar-refractivity contribution >= 4 is 17.5 Å². The lowest BCUT2D eigenvalue weighted by Crippen LogP contribution is -2.10. The zero-order valence-electron chi connectivity index (χ0n) is 10.8. The van der Waals surface area contributed by atoms with E-state index >= 15 is 0 Å². The number of methoxy groups -OCH3 is 1. The van der Waals surface area contributed by atoms with Crippen LogP contribution in [0, 0.1) is 11.3 Å². The molecule has 1 aromatic heterocycles. The van der Waals surface area contributed by atoms with E-state index < -0.39 is 6.09 Å². The molecule has 1 aromatic carbocycles. The van der Waals surface area contributed by atoms with Crippen LogP contribution in [0.1, 0.15) is 11.5 Å². The normalized spacial score (nSPS) is 9.60. The van der Waals surface area contributed by atoms with Gasteiger partial charge in [-0.2, -0.15) is 5.26 Å². The fourth-order valence-electron chi connectivity index (χ4n) is 1.56. The third-order valence-corrected chi connectivity index (χ3v) is 2.56. The van der Waals surface area contributed by atoms with Gasteiger partial charge in [0.25, 0.3) is 0 Å². The molecule has 1 heterocycles. The molecule has 0 saturated heterocycles. The Bertz CT molecular complexity index is 626. The lowest BCUT2D eigenvalue weighted by atomic mass is 10.2. The van der Waals surface area contributed by atoms with Crippen molar-refractivity contribution in [3.8, 4) is 6.07 Å². The molecule has 0 aliphatic heterocycles. The standard InChI is InChI=1S/C14H13N3O3/c1-19-14(18)17-11-4-2-10(3-5-11)16-9-13-7-6-12(8-15)20-13/h2-7,16H,9H2,1H3,(H,17,18). The second kappa shape index (κ2) is 6.29. The molecule has 2 aromatic rings. The minimum absolute atomic E-state index is 0.291. The van der Waals surface area contributed by atoms with E-state index in [9.17, 15) is 4.79 Å². The van der Waals surface area contributed by atoms with Crippen LogP contribution in [0.2, 0.25) is 0 Å². The van der Waals surface area contributed by atoms with Crippen LogP contribution in [-0.2, 0) is 11.3 Å². The Morgan fingerprint density at radius 1 is 1.25 bits per heavy atom. The fourth-order valence-corrected chi connectivity index (χ4v) is 1.56. The Hall–Kier alpha value is -2.94. The van der Waals surface area contributed by atoms with Crippen molar-refractivity contribution in [3.63, 3.8) is 0 Å². The molecule has 0 atom stereocenters. The van der Waals surface area contributed by atoms with Crippen molar-refractivity contribution in [2.75, 3.05) is 17.7 Å². The van der Waals surface area contributed by atoms with E-state index in [1.807, 2.05) is 18.2 Å². The van der Waals surface area contributed by atoms with Crippen molar-refractivity contribution < 1.29 is 13.9 Å². The maximum Gasteiger partial charge on any atom is 0.411 e. The van der Waals surface area contributed by atoms with Crippen LogP contribution >= 0.6 is 0 Å². The van der Waals surface area contributed by atoms with Crippen LogP contribution in [0.25, 0.3) is 0 Å². The number of ether oxygens (including phenoxy) is 1. The Morgan fingerprint density at radius 2 is 1.95 bits per heavy atom.